The quantitative estimate of drug-likeness (QED) is 0.762. The van der Waals surface area contributed by atoms with Crippen molar-refractivity contribution < 1.29 is 9.84 Å². The van der Waals surface area contributed by atoms with Crippen molar-refractivity contribution in [3.63, 3.8) is 0 Å². The maximum atomic E-state index is 10.1. The second-order valence-electron chi connectivity index (χ2n) is 6.57. The molecule has 0 radical (unpaired) electrons. The third-order valence-corrected chi connectivity index (χ3v) is 4.73. The topological polar surface area (TPSA) is 29.5 Å². The predicted octanol–water partition coefficient (Wildman–Crippen LogP) is 5.65. The van der Waals surface area contributed by atoms with Crippen LogP contribution >= 0.6 is 15.9 Å². The van der Waals surface area contributed by atoms with Gasteiger partial charge in [-0.1, -0.05) is 24.3 Å². The van der Waals surface area contributed by atoms with Crippen LogP contribution in [0.3, 0.4) is 0 Å². The van der Waals surface area contributed by atoms with Gasteiger partial charge in [0.05, 0.1) is 10.1 Å². The fourth-order valence-corrected chi connectivity index (χ4v) is 3.06. The molecular weight excluding hydrogens is 340 g/mol. The highest BCUT2D eigenvalue weighted by atomic mass is 79.9. The molecule has 1 N–H and O–H groups in total. The Morgan fingerprint density at radius 3 is 2.50 bits per heavy atom. The van der Waals surface area contributed by atoms with Gasteiger partial charge in [-0.3, -0.25) is 0 Å². The van der Waals surface area contributed by atoms with Gasteiger partial charge < -0.3 is 9.84 Å². The van der Waals surface area contributed by atoms with Crippen LogP contribution in [-0.2, 0) is 5.60 Å². The molecule has 3 heteroatoms. The van der Waals surface area contributed by atoms with Crippen LogP contribution in [0.5, 0.6) is 11.5 Å². The van der Waals surface area contributed by atoms with E-state index in [1.165, 1.54) is 18.4 Å². The summed E-state index contributed by atoms with van der Waals surface area (Å²) in [7, 11) is 0. The highest BCUT2D eigenvalue weighted by Crippen LogP contribution is 2.47. The highest BCUT2D eigenvalue weighted by Gasteiger charge is 2.28. The fourth-order valence-electron chi connectivity index (χ4n) is 2.60. The third-order valence-electron chi connectivity index (χ3n) is 4.11. The first kappa shape index (κ1) is 15.6. The van der Waals surface area contributed by atoms with E-state index >= 15 is 0 Å². The molecule has 2 aromatic carbocycles. The molecule has 1 fully saturated rings. The molecule has 0 heterocycles. The summed E-state index contributed by atoms with van der Waals surface area (Å²) in [4.78, 5) is 0. The molecule has 116 valence electrons. The minimum Gasteiger partial charge on any atom is -0.456 e. The van der Waals surface area contributed by atoms with Crippen molar-refractivity contribution in [2.24, 2.45) is 0 Å². The Labute approximate surface area is 140 Å². The molecule has 0 spiro atoms. The maximum Gasteiger partial charge on any atom is 0.141 e. The lowest BCUT2D eigenvalue weighted by atomic mass is 9.98. The number of ether oxygens (including phenoxy) is 1. The van der Waals surface area contributed by atoms with Crippen LogP contribution in [0, 0.1) is 6.92 Å². The summed E-state index contributed by atoms with van der Waals surface area (Å²) in [5.41, 5.74) is 2.46. The van der Waals surface area contributed by atoms with Crippen LogP contribution in [0.15, 0.2) is 40.9 Å². The van der Waals surface area contributed by atoms with Gasteiger partial charge in [-0.25, -0.2) is 0 Å². The zero-order valence-electron chi connectivity index (χ0n) is 13.2. The van der Waals surface area contributed by atoms with Gasteiger partial charge in [-0.2, -0.15) is 0 Å². The van der Waals surface area contributed by atoms with Gasteiger partial charge in [-0.05, 0) is 84.3 Å². The number of hydrogen-bond donors (Lipinski definition) is 1. The summed E-state index contributed by atoms with van der Waals surface area (Å²) in [6.07, 6.45) is 2.50. The standard InChI is InChI=1S/C19H21BrO2/c1-12-5-4-6-15(13-7-8-13)18(12)22-17-10-9-14(11-16(17)20)19(2,3)21/h4-6,9-11,13,21H,7-8H2,1-3H3. The zero-order valence-corrected chi connectivity index (χ0v) is 14.8. The predicted molar refractivity (Wildman–Crippen MR) is 92.6 cm³/mol. The van der Waals surface area contributed by atoms with Crippen LogP contribution in [0.2, 0.25) is 0 Å². The van der Waals surface area contributed by atoms with Crippen molar-refractivity contribution >= 4 is 15.9 Å². The molecule has 2 nitrogen and oxygen atoms in total. The number of hydrogen-bond acceptors (Lipinski definition) is 2. The van der Waals surface area contributed by atoms with E-state index in [4.69, 9.17) is 4.74 Å². The molecule has 0 aliphatic heterocycles. The number of rotatable bonds is 4. The molecule has 3 rings (SSSR count). The van der Waals surface area contributed by atoms with Gasteiger partial charge in [0.2, 0.25) is 0 Å². The normalized spacial score (nSPS) is 15.0. The van der Waals surface area contributed by atoms with Gasteiger partial charge in [0.25, 0.3) is 0 Å². The van der Waals surface area contributed by atoms with E-state index in [2.05, 4.69) is 41.1 Å². The van der Waals surface area contributed by atoms with E-state index in [9.17, 15) is 5.11 Å². The zero-order chi connectivity index (χ0) is 15.9. The van der Waals surface area contributed by atoms with E-state index in [1.807, 2.05) is 18.2 Å². The monoisotopic (exact) mass is 360 g/mol. The van der Waals surface area contributed by atoms with E-state index in [0.717, 1.165) is 27.1 Å². The van der Waals surface area contributed by atoms with E-state index in [0.29, 0.717) is 5.92 Å². The first-order chi connectivity index (χ1) is 10.4. The van der Waals surface area contributed by atoms with E-state index < -0.39 is 5.60 Å². The Morgan fingerprint density at radius 2 is 1.91 bits per heavy atom. The molecular formula is C19H21BrO2. The molecule has 2 aromatic rings. The molecule has 0 atom stereocenters. The lowest BCUT2D eigenvalue weighted by molar-refractivity contribution is 0.0785. The minimum absolute atomic E-state index is 0.643. The van der Waals surface area contributed by atoms with Crippen molar-refractivity contribution in [2.45, 2.75) is 45.1 Å². The van der Waals surface area contributed by atoms with Crippen molar-refractivity contribution in [3.05, 3.63) is 57.6 Å². The van der Waals surface area contributed by atoms with E-state index in [-0.39, 0.29) is 0 Å². The molecule has 22 heavy (non-hydrogen) atoms. The Morgan fingerprint density at radius 1 is 1.18 bits per heavy atom. The van der Waals surface area contributed by atoms with Gasteiger partial charge >= 0.3 is 0 Å². The summed E-state index contributed by atoms with van der Waals surface area (Å²) >= 11 is 3.56. The average Bonchev–Trinajstić information content (AvgIpc) is 3.26. The lowest BCUT2D eigenvalue weighted by Gasteiger charge is -2.20. The number of halogens is 1. The van der Waals surface area contributed by atoms with Gasteiger partial charge in [-0.15, -0.1) is 0 Å². The molecule has 0 unspecified atom stereocenters. The second-order valence-corrected chi connectivity index (χ2v) is 7.43. The molecule has 0 aromatic heterocycles. The highest BCUT2D eigenvalue weighted by molar-refractivity contribution is 9.10. The Bertz CT molecular complexity index is 697. The summed E-state index contributed by atoms with van der Waals surface area (Å²) in [6, 6.07) is 12.1. The lowest BCUT2D eigenvalue weighted by Crippen LogP contribution is -2.15. The summed E-state index contributed by atoms with van der Waals surface area (Å²) < 4.78 is 7.07. The molecule has 1 saturated carbocycles. The third kappa shape index (κ3) is 3.21. The van der Waals surface area contributed by atoms with Crippen LogP contribution in [0.4, 0.5) is 0 Å². The largest absolute Gasteiger partial charge is 0.456 e. The Kier molecular flexibility index (Phi) is 4.04. The average molecular weight is 361 g/mol. The number of benzene rings is 2. The van der Waals surface area contributed by atoms with Gasteiger partial charge in [0.15, 0.2) is 0 Å². The Hall–Kier alpha value is -1.32. The molecule has 1 aliphatic carbocycles. The smallest absolute Gasteiger partial charge is 0.141 e. The first-order valence-corrected chi connectivity index (χ1v) is 8.45. The van der Waals surface area contributed by atoms with Crippen LogP contribution in [0.25, 0.3) is 0 Å². The fraction of sp³-hybridized carbons (Fsp3) is 0.368. The van der Waals surface area contributed by atoms with Crippen LogP contribution in [0.1, 0.15) is 49.3 Å². The summed E-state index contributed by atoms with van der Waals surface area (Å²) in [5, 5.41) is 10.1. The van der Waals surface area contributed by atoms with Crippen molar-refractivity contribution in [3.8, 4) is 11.5 Å². The second kappa shape index (κ2) is 5.71. The first-order valence-electron chi connectivity index (χ1n) is 7.66. The molecule has 0 amide bonds. The Balaban J connectivity index is 1.94. The number of para-hydroxylation sites is 1. The van der Waals surface area contributed by atoms with Crippen molar-refractivity contribution in [1.82, 2.24) is 0 Å². The SMILES string of the molecule is Cc1cccc(C2CC2)c1Oc1ccc(C(C)(C)O)cc1Br. The number of aryl methyl sites for hydroxylation is 1. The molecule has 0 bridgehead atoms. The number of aliphatic hydroxyl groups is 1. The van der Waals surface area contributed by atoms with Crippen LogP contribution in [-0.4, -0.2) is 5.11 Å². The minimum atomic E-state index is -0.858. The van der Waals surface area contributed by atoms with Crippen molar-refractivity contribution in [2.75, 3.05) is 0 Å². The van der Waals surface area contributed by atoms with Crippen molar-refractivity contribution in [1.29, 1.82) is 0 Å². The van der Waals surface area contributed by atoms with E-state index in [1.54, 1.807) is 13.8 Å². The van der Waals surface area contributed by atoms with Gasteiger partial charge in [0.1, 0.15) is 11.5 Å². The van der Waals surface area contributed by atoms with Gasteiger partial charge in [0, 0.05) is 0 Å². The summed E-state index contributed by atoms with van der Waals surface area (Å²) in [5.74, 6) is 2.40. The molecule has 1 aliphatic rings. The maximum absolute atomic E-state index is 10.1. The molecule has 0 saturated heterocycles. The summed E-state index contributed by atoms with van der Waals surface area (Å²) in [6.45, 7) is 5.64. The van der Waals surface area contributed by atoms with Crippen LogP contribution < -0.4 is 4.74 Å².